The third-order valence-electron chi connectivity index (χ3n) is 5.39. The molecule has 2 aromatic carbocycles. The summed E-state index contributed by atoms with van der Waals surface area (Å²) < 4.78 is 68.8. The van der Waals surface area contributed by atoms with Crippen LogP contribution in [0.4, 0.5) is 24.5 Å². The average Bonchev–Trinajstić information content (AvgIpc) is 2.96. The van der Waals surface area contributed by atoms with Crippen LogP contribution in [-0.4, -0.2) is 44.8 Å². The molecule has 2 aromatic rings. The third-order valence-corrected chi connectivity index (χ3v) is 7.31. The maximum atomic E-state index is 14.6. The highest BCUT2D eigenvalue weighted by atomic mass is 32.2. The molecule has 1 amide bonds. The molecule has 0 bridgehead atoms. The standard InChI is InChI=1S/C20H20F3N3O3S/c21-15-4-3-14(11-16(15)22)25-6-1-7-26(9-8-25)30(28,29)19-10-13-2-5-20(27)24-18(13)12-17(19)23/h3-4,10-12H,1-2,5-9H2,(H,24,27). The zero-order valence-corrected chi connectivity index (χ0v) is 16.8. The first-order valence-electron chi connectivity index (χ1n) is 9.58. The number of hydrogen-bond acceptors (Lipinski definition) is 4. The van der Waals surface area contributed by atoms with Crippen LogP contribution in [0.5, 0.6) is 0 Å². The van der Waals surface area contributed by atoms with Gasteiger partial charge in [-0.05, 0) is 42.7 Å². The van der Waals surface area contributed by atoms with Crippen LogP contribution in [0.3, 0.4) is 0 Å². The van der Waals surface area contributed by atoms with Crippen LogP contribution in [-0.2, 0) is 21.2 Å². The van der Waals surface area contributed by atoms with Crippen molar-refractivity contribution in [2.75, 3.05) is 36.4 Å². The number of nitrogens with one attached hydrogen (secondary N) is 1. The molecule has 1 fully saturated rings. The molecule has 0 saturated carbocycles. The number of sulfonamides is 1. The van der Waals surface area contributed by atoms with Crippen LogP contribution in [0, 0.1) is 17.5 Å². The van der Waals surface area contributed by atoms with Gasteiger partial charge < -0.3 is 10.2 Å². The molecule has 160 valence electrons. The van der Waals surface area contributed by atoms with Gasteiger partial charge in [0.25, 0.3) is 0 Å². The van der Waals surface area contributed by atoms with E-state index in [-0.39, 0.29) is 32.0 Å². The van der Waals surface area contributed by atoms with E-state index < -0.39 is 32.4 Å². The second kappa shape index (κ2) is 7.92. The minimum absolute atomic E-state index is 0.0780. The fourth-order valence-corrected chi connectivity index (χ4v) is 5.36. The average molecular weight is 439 g/mol. The monoisotopic (exact) mass is 439 g/mol. The van der Waals surface area contributed by atoms with E-state index in [2.05, 4.69) is 5.32 Å². The second-order valence-corrected chi connectivity index (χ2v) is 9.24. The summed E-state index contributed by atoms with van der Waals surface area (Å²) in [5, 5.41) is 2.55. The second-order valence-electron chi connectivity index (χ2n) is 7.33. The van der Waals surface area contributed by atoms with Gasteiger partial charge in [0, 0.05) is 50.0 Å². The van der Waals surface area contributed by atoms with Gasteiger partial charge in [0.1, 0.15) is 10.7 Å². The summed E-state index contributed by atoms with van der Waals surface area (Å²) >= 11 is 0. The highest BCUT2D eigenvalue weighted by molar-refractivity contribution is 7.89. The predicted octanol–water partition coefficient (Wildman–Crippen LogP) is 2.89. The highest BCUT2D eigenvalue weighted by Crippen LogP contribution is 2.30. The summed E-state index contributed by atoms with van der Waals surface area (Å²) in [6.07, 6.45) is 1.000. The predicted molar refractivity (Wildman–Crippen MR) is 105 cm³/mol. The normalized spacial score (nSPS) is 18.0. The quantitative estimate of drug-likeness (QED) is 0.799. The smallest absolute Gasteiger partial charge is 0.246 e. The Hall–Kier alpha value is -2.59. The molecule has 6 nitrogen and oxygen atoms in total. The third kappa shape index (κ3) is 3.89. The van der Waals surface area contributed by atoms with Crippen molar-refractivity contribution < 1.29 is 26.4 Å². The number of aryl methyl sites for hydroxylation is 1. The van der Waals surface area contributed by atoms with Gasteiger partial charge >= 0.3 is 0 Å². The molecule has 0 radical (unpaired) electrons. The Balaban J connectivity index is 1.56. The molecule has 0 unspecified atom stereocenters. The van der Waals surface area contributed by atoms with Crippen LogP contribution < -0.4 is 10.2 Å². The van der Waals surface area contributed by atoms with Crippen LogP contribution in [0.1, 0.15) is 18.4 Å². The molecule has 1 N–H and O–H groups in total. The molecule has 0 spiro atoms. The lowest BCUT2D eigenvalue weighted by Gasteiger charge is -2.24. The van der Waals surface area contributed by atoms with Crippen LogP contribution in [0.15, 0.2) is 35.2 Å². The van der Waals surface area contributed by atoms with Crippen LogP contribution in [0.25, 0.3) is 0 Å². The van der Waals surface area contributed by atoms with Crippen molar-refractivity contribution in [3.8, 4) is 0 Å². The molecular weight excluding hydrogens is 419 g/mol. The molecule has 4 rings (SSSR count). The molecule has 2 aliphatic rings. The first-order chi connectivity index (χ1) is 14.3. The van der Waals surface area contributed by atoms with E-state index in [4.69, 9.17) is 0 Å². The highest BCUT2D eigenvalue weighted by Gasteiger charge is 2.31. The number of carbonyl (C=O) groups is 1. The Morgan fingerprint density at radius 2 is 1.67 bits per heavy atom. The van der Waals surface area contributed by atoms with Crippen molar-refractivity contribution in [2.45, 2.75) is 24.2 Å². The Kier molecular flexibility index (Phi) is 5.46. The van der Waals surface area contributed by atoms with Gasteiger partial charge in [-0.1, -0.05) is 0 Å². The van der Waals surface area contributed by atoms with Crippen molar-refractivity contribution in [2.24, 2.45) is 0 Å². The van der Waals surface area contributed by atoms with Crippen molar-refractivity contribution in [3.63, 3.8) is 0 Å². The minimum Gasteiger partial charge on any atom is -0.370 e. The molecule has 0 aromatic heterocycles. The zero-order valence-electron chi connectivity index (χ0n) is 16.0. The van der Waals surface area contributed by atoms with Gasteiger partial charge in [0.2, 0.25) is 15.9 Å². The Labute approximate surface area is 172 Å². The fraction of sp³-hybridized carbons (Fsp3) is 0.350. The lowest BCUT2D eigenvalue weighted by molar-refractivity contribution is -0.116. The number of benzene rings is 2. The van der Waals surface area contributed by atoms with E-state index in [1.807, 2.05) is 0 Å². The van der Waals surface area contributed by atoms with Crippen molar-refractivity contribution in [1.82, 2.24) is 4.31 Å². The topological polar surface area (TPSA) is 69.7 Å². The van der Waals surface area contributed by atoms with Gasteiger partial charge in [0.05, 0.1) is 0 Å². The summed E-state index contributed by atoms with van der Waals surface area (Å²) in [5.41, 5.74) is 1.33. The first kappa shape index (κ1) is 20.7. The minimum atomic E-state index is -4.10. The molecule has 0 atom stereocenters. The van der Waals surface area contributed by atoms with Crippen LogP contribution in [0.2, 0.25) is 0 Å². The van der Waals surface area contributed by atoms with Gasteiger partial charge in [-0.25, -0.2) is 21.6 Å². The molecule has 0 aliphatic carbocycles. The molecule has 2 aliphatic heterocycles. The van der Waals surface area contributed by atoms with Crippen molar-refractivity contribution in [3.05, 3.63) is 53.3 Å². The maximum Gasteiger partial charge on any atom is 0.246 e. The molecular formula is C20H20F3N3O3S. The van der Waals surface area contributed by atoms with E-state index in [1.165, 1.54) is 16.4 Å². The number of anilines is 2. The number of fused-ring (bicyclic) bond motifs is 1. The van der Waals surface area contributed by atoms with E-state index in [0.717, 1.165) is 18.2 Å². The lowest BCUT2D eigenvalue weighted by atomic mass is 10.0. The number of hydrogen-bond donors (Lipinski definition) is 1. The number of halogens is 3. The van der Waals surface area contributed by atoms with E-state index in [0.29, 0.717) is 36.3 Å². The summed E-state index contributed by atoms with van der Waals surface area (Å²) in [4.78, 5) is 12.8. The van der Waals surface area contributed by atoms with E-state index >= 15 is 0 Å². The maximum absolute atomic E-state index is 14.6. The van der Waals surface area contributed by atoms with Crippen molar-refractivity contribution in [1.29, 1.82) is 0 Å². The summed E-state index contributed by atoms with van der Waals surface area (Å²) in [6, 6.07) is 5.89. The van der Waals surface area contributed by atoms with Gasteiger partial charge in [0.15, 0.2) is 11.6 Å². The summed E-state index contributed by atoms with van der Waals surface area (Å²) in [5.74, 6) is -3.07. The number of rotatable bonds is 3. The summed E-state index contributed by atoms with van der Waals surface area (Å²) in [6.45, 7) is 0.965. The van der Waals surface area contributed by atoms with Crippen LogP contribution >= 0.6 is 0 Å². The molecule has 10 heteroatoms. The fourth-order valence-electron chi connectivity index (χ4n) is 3.79. The Morgan fingerprint density at radius 3 is 2.43 bits per heavy atom. The molecule has 30 heavy (non-hydrogen) atoms. The lowest BCUT2D eigenvalue weighted by Crippen LogP contribution is -2.36. The van der Waals surface area contributed by atoms with E-state index in [1.54, 1.807) is 4.90 Å². The Morgan fingerprint density at radius 1 is 0.867 bits per heavy atom. The van der Waals surface area contributed by atoms with Gasteiger partial charge in [-0.15, -0.1) is 0 Å². The van der Waals surface area contributed by atoms with Gasteiger partial charge in [-0.3, -0.25) is 4.79 Å². The van der Waals surface area contributed by atoms with Crippen molar-refractivity contribution >= 4 is 27.3 Å². The number of amides is 1. The number of carbonyl (C=O) groups excluding carboxylic acids is 1. The molecule has 1 saturated heterocycles. The summed E-state index contributed by atoms with van der Waals surface area (Å²) in [7, 11) is -4.10. The SMILES string of the molecule is O=C1CCc2cc(S(=O)(=O)N3CCCN(c4ccc(F)c(F)c4)CC3)c(F)cc2N1. The zero-order chi connectivity index (χ0) is 21.5. The van der Waals surface area contributed by atoms with E-state index in [9.17, 15) is 26.4 Å². The Bertz CT molecular complexity index is 1110. The van der Waals surface area contributed by atoms with Gasteiger partial charge in [-0.2, -0.15) is 4.31 Å². The number of nitrogens with zero attached hydrogens (tertiary/aromatic N) is 2. The first-order valence-corrected chi connectivity index (χ1v) is 11.0. The molecule has 2 heterocycles. The largest absolute Gasteiger partial charge is 0.370 e.